The molecule has 0 saturated heterocycles. The smallest absolute Gasteiger partial charge is 0.323 e. The summed E-state index contributed by atoms with van der Waals surface area (Å²) in [7, 11) is 0. The van der Waals surface area contributed by atoms with E-state index >= 15 is 0 Å². The van der Waals surface area contributed by atoms with Crippen LogP contribution in [0.4, 0.5) is 0 Å². The summed E-state index contributed by atoms with van der Waals surface area (Å²) in [6.07, 6.45) is 3.61. The molecular formula is C13H25NO2. The highest BCUT2D eigenvalue weighted by Crippen LogP contribution is 2.25. The highest BCUT2D eigenvalue weighted by molar-refractivity contribution is 5.75. The summed E-state index contributed by atoms with van der Waals surface area (Å²) in [4.78, 5) is 11.7. The third kappa shape index (κ3) is 4.52. The Balaban J connectivity index is 2.34. The molecule has 1 aliphatic carbocycles. The Morgan fingerprint density at radius 2 is 2.00 bits per heavy atom. The molecule has 0 aliphatic heterocycles. The fraction of sp³-hybridized carbons (Fsp3) is 0.923. The first kappa shape index (κ1) is 13.5. The van der Waals surface area contributed by atoms with Gasteiger partial charge in [0, 0.05) is 6.04 Å². The first-order valence-electron chi connectivity index (χ1n) is 6.27. The van der Waals surface area contributed by atoms with Crippen LogP contribution in [0.1, 0.15) is 53.9 Å². The van der Waals surface area contributed by atoms with Crippen LogP contribution in [0.25, 0.3) is 0 Å². The molecule has 0 amide bonds. The molecule has 1 saturated carbocycles. The number of rotatable bonds is 3. The van der Waals surface area contributed by atoms with Crippen molar-refractivity contribution in [1.29, 1.82) is 0 Å². The van der Waals surface area contributed by atoms with E-state index in [0.717, 1.165) is 5.92 Å². The van der Waals surface area contributed by atoms with E-state index in [1.165, 1.54) is 19.3 Å². The van der Waals surface area contributed by atoms with E-state index in [1.54, 1.807) is 0 Å². The van der Waals surface area contributed by atoms with Gasteiger partial charge in [0.25, 0.3) is 0 Å². The molecule has 1 N–H and O–H groups in total. The fourth-order valence-corrected chi connectivity index (χ4v) is 2.17. The summed E-state index contributed by atoms with van der Waals surface area (Å²) in [6.45, 7) is 9.84. The maximum absolute atomic E-state index is 11.7. The van der Waals surface area contributed by atoms with Crippen molar-refractivity contribution in [3.05, 3.63) is 0 Å². The molecule has 0 aromatic rings. The molecule has 1 aliphatic rings. The molecule has 3 nitrogen and oxygen atoms in total. The number of carbonyl (C=O) groups is 1. The zero-order valence-corrected chi connectivity index (χ0v) is 11.2. The van der Waals surface area contributed by atoms with E-state index < -0.39 is 5.60 Å². The second-order valence-corrected chi connectivity index (χ2v) is 6.04. The summed E-state index contributed by atoms with van der Waals surface area (Å²) in [5.74, 6) is 0.635. The van der Waals surface area contributed by atoms with E-state index in [1.807, 2.05) is 27.7 Å². The van der Waals surface area contributed by atoms with Gasteiger partial charge in [-0.3, -0.25) is 4.79 Å². The van der Waals surface area contributed by atoms with Gasteiger partial charge in [0.05, 0.1) is 0 Å². The van der Waals surface area contributed by atoms with Gasteiger partial charge in [-0.15, -0.1) is 0 Å². The van der Waals surface area contributed by atoms with Gasteiger partial charge in [-0.05, 0) is 52.9 Å². The summed E-state index contributed by atoms with van der Waals surface area (Å²) in [5, 5.41) is 3.36. The van der Waals surface area contributed by atoms with Gasteiger partial charge < -0.3 is 10.1 Å². The summed E-state index contributed by atoms with van der Waals surface area (Å²) in [5.41, 5.74) is -0.393. The largest absolute Gasteiger partial charge is 0.459 e. The Morgan fingerprint density at radius 1 is 1.38 bits per heavy atom. The molecule has 94 valence electrons. The lowest BCUT2D eigenvalue weighted by Gasteiger charge is -2.24. The van der Waals surface area contributed by atoms with Crippen molar-refractivity contribution in [2.45, 2.75) is 71.6 Å². The molecule has 1 fully saturated rings. The van der Waals surface area contributed by atoms with Gasteiger partial charge in [0.1, 0.15) is 11.6 Å². The van der Waals surface area contributed by atoms with Crippen molar-refractivity contribution in [2.75, 3.05) is 0 Å². The lowest BCUT2D eigenvalue weighted by atomic mass is 10.1. The Morgan fingerprint density at radius 3 is 2.44 bits per heavy atom. The average molecular weight is 227 g/mol. The normalized spacial score (nSPS) is 27.8. The molecule has 0 heterocycles. The first-order chi connectivity index (χ1) is 7.28. The van der Waals surface area contributed by atoms with Crippen LogP contribution < -0.4 is 5.32 Å². The van der Waals surface area contributed by atoms with Crippen molar-refractivity contribution in [1.82, 2.24) is 5.32 Å². The van der Waals surface area contributed by atoms with E-state index in [2.05, 4.69) is 12.2 Å². The minimum atomic E-state index is -0.393. The van der Waals surface area contributed by atoms with Crippen LogP contribution >= 0.6 is 0 Å². The van der Waals surface area contributed by atoms with Crippen molar-refractivity contribution < 1.29 is 9.53 Å². The fourth-order valence-electron chi connectivity index (χ4n) is 2.17. The third-order valence-electron chi connectivity index (χ3n) is 2.94. The second kappa shape index (κ2) is 5.17. The van der Waals surface area contributed by atoms with Crippen molar-refractivity contribution in [3.63, 3.8) is 0 Å². The topological polar surface area (TPSA) is 38.3 Å². The van der Waals surface area contributed by atoms with Crippen molar-refractivity contribution in [2.24, 2.45) is 5.92 Å². The lowest BCUT2D eigenvalue weighted by Crippen LogP contribution is -2.43. The molecule has 3 heteroatoms. The molecule has 0 aromatic heterocycles. The van der Waals surface area contributed by atoms with Gasteiger partial charge in [-0.25, -0.2) is 0 Å². The highest BCUT2D eigenvalue weighted by atomic mass is 16.6. The van der Waals surface area contributed by atoms with E-state index in [9.17, 15) is 4.79 Å². The van der Waals surface area contributed by atoms with Crippen LogP contribution in [-0.2, 0) is 9.53 Å². The first-order valence-corrected chi connectivity index (χ1v) is 6.27. The second-order valence-electron chi connectivity index (χ2n) is 6.04. The van der Waals surface area contributed by atoms with Gasteiger partial charge >= 0.3 is 5.97 Å². The predicted molar refractivity (Wildman–Crippen MR) is 65.2 cm³/mol. The Labute approximate surface area is 98.9 Å². The molecule has 0 aromatic carbocycles. The zero-order chi connectivity index (χ0) is 12.3. The Bertz CT molecular complexity index is 245. The van der Waals surface area contributed by atoms with Crippen molar-refractivity contribution in [3.8, 4) is 0 Å². The van der Waals surface area contributed by atoms with Crippen LogP contribution in [-0.4, -0.2) is 23.7 Å². The van der Waals surface area contributed by atoms with Crippen LogP contribution in [0.5, 0.6) is 0 Å². The number of carbonyl (C=O) groups excluding carboxylic acids is 1. The molecule has 0 radical (unpaired) electrons. The van der Waals surface area contributed by atoms with E-state index in [-0.39, 0.29) is 12.0 Å². The van der Waals surface area contributed by atoms with Gasteiger partial charge in [0.15, 0.2) is 0 Å². The third-order valence-corrected chi connectivity index (χ3v) is 2.94. The molecular weight excluding hydrogens is 202 g/mol. The van der Waals surface area contributed by atoms with Crippen LogP contribution in [0.3, 0.4) is 0 Å². The summed E-state index contributed by atoms with van der Waals surface area (Å²) >= 11 is 0. The molecule has 0 bridgehead atoms. The number of nitrogens with one attached hydrogen (secondary N) is 1. The molecule has 2 unspecified atom stereocenters. The van der Waals surface area contributed by atoms with E-state index in [0.29, 0.717) is 6.04 Å². The van der Waals surface area contributed by atoms with Crippen LogP contribution in [0.15, 0.2) is 0 Å². The lowest BCUT2D eigenvalue weighted by molar-refractivity contribution is -0.157. The maximum atomic E-state index is 11.7. The number of hydrogen-bond donors (Lipinski definition) is 1. The standard InChI is InChI=1S/C13H25NO2/c1-9-6-7-11(8-9)14-10(2)12(15)16-13(3,4)5/h9-11,14H,6-8H2,1-5H3/t9?,10-,11?/m1/s1. The molecule has 0 spiro atoms. The molecule has 3 atom stereocenters. The average Bonchev–Trinajstić information content (AvgIpc) is 2.48. The Hall–Kier alpha value is -0.570. The van der Waals surface area contributed by atoms with Gasteiger partial charge in [-0.1, -0.05) is 6.92 Å². The monoisotopic (exact) mass is 227 g/mol. The maximum Gasteiger partial charge on any atom is 0.323 e. The van der Waals surface area contributed by atoms with Crippen molar-refractivity contribution >= 4 is 5.97 Å². The number of hydrogen-bond acceptors (Lipinski definition) is 3. The highest BCUT2D eigenvalue weighted by Gasteiger charge is 2.27. The summed E-state index contributed by atoms with van der Waals surface area (Å²) < 4.78 is 5.34. The summed E-state index contributed by atoms with van der Waals surface area (Å²) in [6, 6.07) is 0.284. The SMILES string of the molecule is CC1CCC(N[C@H](C)C(=O)OC(C)(C)C)C1. The van der Waals surface area contributed by atoms with Crippen LogP contribution in [0.2, 0.25) is 0 Å². The van der Waals surface area contributed by atoms with Crippen LogP contribution in [0, 0.1) is 5.92 Å². The zero-order valence-electron chi connectivity index (χ0n) is 11.2. The quantitative estimate of drug-likeness (QED) is 0.753. The van der Waals surface area contributed by atoms with Gasteiger partial charge in [0.2, 0.25) is 0 Å². The Kier molecular flexibility index (Phi) is 4.36. The minimum absolute atomic E-state index is 0.146. The van der Waals surface area contributed by atoms with E-state index in [4.69, 9.17) is 4.74 Å². The number of esters is 1. The van der Waals surface area contributed by atoms with Gasteiger partial charge in [-0.2, -0.15) is 0 Å². The molecule has 16 heavy (non-hydrogen) atoms. The number of ether oxygens (including phenoxy) is 1. The predicted octanol–water partition coefficient (Wildman–Crippen LogP) is 2.49. The molecule has 1 rings (SSSR count). The minimum Gasteiger partial charge on any atom is -0.459 e.